The maximum Gasteiger partial charge on any atom is 0.319 e. The third kappa shape index (κ3) is 3.47. The number of hydrogen-bond acceptors (Lipinski definition) is 4. The summed E-state index contributed by atoms with van der Waals surface area (Å²) >= 11 is 1.46. The summed E-state index contributed by atoms with van der Waals surface area (Å²) in [6.07, 6.45) is 2.50. The third-order valence-corrected chi connectivity index (χ3v) is 3.03. The van der Waals surface area contributed by atoms with Gasteiger partial charge in [0.15, 0.2) is 0 Å². The predicted octanol–water partition coefficient (Wildman–Crippen LogP) is 1.84. The molecule has 1 unspecified atom stereocenters. The quantitative estimate of drug-likeness (QED) is 0.796. The van der Waals surface area contributed by atoms with Crippen molar-refractivity contribution < 1.29 is 14.6 Å². The number of carbonyl (C=O) groups excluding carboxylic acids is 1. The molecule has 15 heavy (non-hydrogen) atoms. The minimum atomic E-state index is -0.212. The van der Waals surface area contributed by atoms with Crippen molar-refractivity contribution >= 4 is 17.7 Å². The molecule has 1 atom stereocenters. The summed E-state index contributed by atoms with van der Waals surface area (Å²) in [5.41, 5.74) is 1.01. The number of methoxy groups -OCH3 is 1. The van der Waals surface area contributed by atoms with Gasteiger partial charge in [-0.05, 0) is 30.4 Å². The molecule has 0 amide bonds. The zero-order valence-electron chi connectivity index (χ0n) is 8.77. The summed E-state index contributed by atoms with van der Waals surface area (Å²) in [4.78, 5) is 11.3. The van der Waals surface area contributed by atoms with E-state index in [1.54, 1.807) is 12.1 Å². The van der Waals surface area contributed by atoms with Gasteiger partial charge in [0, 0.05) is 0 Å². The molecule has 0 saturated carbocycles. The van der Waals surface area contributed by atoms with Crippen LogP contribution in [0.15, 0.2) is 24.3 Å². The van der Waals surface area contributed by atoms with Crippen LogP contribution >= 0.6 is 11.8 Å². The summed E-state index contributed by atoms with van der Waals surface area (Å²) in [6, 6.07) is 6.84. The zero-order chi connectivity index (χ0) is 11.3. The van der Waals surface area contributed by atoms with Gasteiger partial charge >= 0.3 is 5.97 Å². The molecule has 0 heterocycles. The maximum atomic E-state index is 11.3. The van der Waals surface area contributed by atoms with Gasteiger partial charge in [0.2, 0.25) is 0 Å². The average molecular weight is 226 g/mol. The van der Waals surface area contributed by atoms with E-state index in [-0.39, 0.29) is 17.0 Å². The molecule has 0 saturated heterocycles. The Balaban J connectivity index is 2.66. The van der Waals surface area contributed by atoms with Crippen molar-refractivity contribution in [3.63, 3.8) is 0 Å². The van der Waals surface area contributed by atoms with E-state index in [2.05, 4.69) is 0 Å². The molecular formula is C11H14O3S. The normalized spacial score (nSPS) is 12.1. The molecule has 0 bridgehead atoms. The van der Waals surface area contributed by atoms with Gasteiger partial charge in [0.05, 0.1) is 7.11 Å². The highest BCUT2D eigenvalue weighted by molar-refractivity contribution is 7.99. The highest BCUT2D eigenvalue weighted by atomic mass is 32.2. The van der Waals surface area contributed by atoms with E-state index in [1.807, 2.05) is 18.4 Å². The Hall–Kier alpha value is -1.16. The van der Waals surface area contributed by atoms with Gasteiger partial charge in [-0.2, -0.15) is 0 Å². The first-order valence-electron chi connectivity index (χ1n) is 4.56. The van der Waals surface area contributed by atoms with Gasteiger partial charge in [-0.1, -0.05) is 12.1 Å². The minimum absolute atomic E-state index is 0.181. The Morgan fingerprint density at radius 2 is 2.07 bits per heavy atom. The number of hydrogen-bond donors (Lipinski definition) is 1. The van der Waals surface area contributed by atoms with E-state index in [1.165, 1.54) is 18.9 Å². The van der Waals surface area contributed by atoms with Crippen LogP contribution in [0.5, 0.6) is 5.75 Å². The Labute approximate surface area is 93.4 Å². The van der Waals surface area contributed by atoms with E-state index < -0.39 is 0 Å². The van der Waals surface area contributed by atoms with Crippen LogP contribution in [0.1, 0.15) is 5.56 Å². The lowest BCUT2D eigenvalue weighted by Gasteiger charge is -2.11. The first kappa shape index (κ1) is 11.9. The molecule has 3 nitrogen and oxygen atoms in total. The zero-order valence-corrected chi connectivity index (χ0v) is 9.58. The monoisotopic (exact) mass is 226 g/mol. The van der Waals surface area contributed by atoms with Gasteiger partial charge in [-0.3, -0.25) is 4.79 Å². The molecule has 0 radical (unpaired) electrons. The van der Waals surface area contributed by atoms with Gasteiger partial charge in [0.1, 0.15) is 11.0 Å². The standard InChI is InChI=1S/C11H14O3S/c1-14-11(13)10(15-2)7-8-3-5-9(12)6-4-8/h3-6,10,12H,7H2,1-2H3. The van der Waals surface area contributed by atoms with E-state index in [0.717, 1.165) is 5.56 Å². The fourth-order valence-corrected chi connectivity index (χ4v) is 1.89. The Morgan fingerprint density at radius 3 is 2.53 bits per heavy atom. The number of benzene rings is 1. The van der Waals surface area contributed by atoms with E-state index >= 15 is 0 Å². The van der Waals surface area contributed by atoms with Crippen molar-refractivity contribution in [2.75, 3.05) is 13.4 Å². The van der Waals surface area contributed by atoms with Crippen LogP contribution in [0, 0.1) is 0 Å². The first-order chi connectivity index (χ1) is 7.17. The second kappa shape index (κ2) is 5.66. The summed E-state index contributed by atoms with van der Waals surface area (Å²) < 4.78 is 4.69. The van der Waals surface area contributed by atoms with Gasteiger partial charge < -0.3 is 9.84 Å². The van der Waals surface area contributed by atoms with Crippen LogP contribution in [-0.4, -0.2) is 29.7 Å². The Bertz CT molecular complexity index is 321. The van der Waals surface area contributed by atoms with Gasteiger partial charge in [-0.25, -0.2) is 0 Å². The molecule has 0 spiro atoms. The van der Waals surface area contributed by atoms with E-state index in [4.69, 9.17) is 9.84 Å². The SMILES string of the molecule is COC(=O)C(Cc1ccc(O)cc1)SC. The number of phenolic OH excluding ortho intramolecular Hbond substituents is 1. The number of thioether (sulfide) groups is 1. The van der Waals surface area contributed by atoms with Gasteiger partial charge in [0.25, 0.3) is 0 Å². The number of phenols is 1. The van der Waals surface area contributed by atoms with Crippen LogP contribution in [-0.2, 0) is 16.0 Å². The minimum Gasteiger partial charge on any atom is -0.508 e. The Kier molecular flexibility index (Phi) is 4.49. The fraction of sp³-hybridized carbons (Fsp3) is 0.364. The van der Waals surface area contributed by atoms with Crippen LogP contribution in [0.3, 0.4) is 0 Å². The smallest absolute Gasteiger partial charge is 0.319 e. The third-order valence-electron chi connectivity index (χ3n) is 2.11. The molecule has 0 aliphatic carbocycles. The molecular weight excluding hydrogens is 212 g/mol. The molecule has 1 aromatic rings. The van der Waals surface area contributed by atoms with Crippen molar-refractivity contribution in [2.24, 2.45) is 0 Å². The molecule has 0 aromatic heterocycles. The second-order valence-corrected chi connectivity index (χ2v) is 4.16. The van der Waals surface area contributed by atoms with E-state index in [0.29, 0.717) is 6.42 Å². The molecule has 82 valence electrons. The van der Waals surface area contributed by atoms with Crippen molar-refractivity contribution in [3.8, 4) is 5.75 Å². The summed E-state index contributed by atoms with van der Waals surface area (Å²) in [5.74, 6) is 0.0214. The highest BCUT2D eigenvalue weighted by Crippen LogP contribution is 2.17. The molecule has 0 fully saturated rings. The Morgan fingerprint density at radius 1 is 1.47 bits per heavy atom. The van der Waals surface area contributed by atoms with Crippen LogP contribution < -0.4 is 0 Å². The number of ether oxygens (including phenoxy) is 1. The molecule has 0 aliphatic rings. The van der Waals surface area contributed by atoms with Crippen molar-refractivity contribution in [2.45, 2.75) is 11.7 Å². The van der Waals surface area contributed by atoms with Crippen molar-refractivity contribution in [3.05, 3.63) is 29.8 Å². The summed E-state index contributed by atoms with van der Waals surface area (Å²) in [6.45, 7) is 0. The molecule has 1 rings (SSSR count). The van der Waals surface area contributed by atoms with Crippen LogP contribution in [0.4, 0.5) is 0 Å². The lowest BCUT2D eigenvalue weighted by molar-refractivity contribution is -0.139. The molecule has 0 aliphatic heterocycles. The largest absolute Gasteiger partial charge is 0.508 e. The molecule has 4 heteroatoms. The number of rotatable bonds is 4. The maximum absolute atomic E-state index is 11.3. The second-order valence-electron chi connectivity index (χ2n) is 3.12. The van der Waals surface area contributed by atoms with Crippen molar-refractivity contribution in [1.29, 1.82) is 0 Å². The topological polar surface area (TPSA) is 46.5 Å². The summed E-state index contributed by atoms with van der Waals surface area (Å²) in [5, 5.41) is 8.93. The van der Waals surface area contributed by atoms with Crippen LogP contribution in [0.25, 0.3) is 0 Å². The molecule has 1 aromatic carbocycles. The first-order valence-corrected chi connectivity index (χ1v) is 5.84. The van der Waals surface area contributed by atoms with Gasteiger partial charge in [-0.15, -0.1) is 11.8 Å². The number of carbonyl (C=O) groups is 1. The summed E-state index contributed by atoms with van der Waals surface area (Å²) in [7, 11) is 1.39. The molecule has 1 N–H and O–H groups in total. The predicted molar refractivity (Wildman–Crippen MR) is 61.1 cm³/mol. The van der Waals surface area contributed by atoms with E-state index in [9.17, 15) is 4.79 Å². The fourth-order valence-electron chi connectivity index (χ4n) is 1.24. The highest BCUT2D eigenvalue weighted by Gasteiger charge is 2.17. The lowest BCUT2D eigenvalue weighted by Crippen LogP contribution is -2.20. The number of esters is 1. The van der Waals surface area contributed by atoms with Crippen molar-refractivity contribution in [1.82, 2.24) is 0 Å². The average Bonchev–Trinajstić information content (AvgIpc) is 2.27. The lowest BCUT2D eigenvalue weighted by atomic mass is 10.1. The van der Waals surface area contributed by atoms with Crippen LogP contribution in [0.2, 0.25) is 0 Å². The number of aromatic hydroxyl groups is 1.